The van der Waals surface area contributed by atoms with E-state index in [-0.39, 0.29) is 26.2 Å². The van der Waals surface area contributed by atoms with Gasteiger partial charge in [-0.3, -0.25) is 0 Å². The van der Waals surface area contributed by atoms with Gasteiger partial charge in [0.2, 0.25) is 6.08 Å². The van der Waals surface area contributed by atoms with E-state index < -0.39 is 0 Å². The van der Waals surface area contributed by atoms with E-state index >= 15 is 0 Å². The van der Waals surface area contributed by atoms with E-state index in [4.69, 9.17) is 0 Å². The summed E-state index contributed by atoms with van der Waals surface area (Å²) in [5, 5.41) is 0. The maximum atomic E-state index is 3.92. The summed E-state index contributed by atoms with van der Waals surface area (Å²) >= 11 is 0. The Balaban J connectivity index is 0. The van der Waals surface area contributed by atoms with Crippen molar-refractivity contribution in [1.82, 2.24) is 0 Å². The molecule has 126 valence electrons. The molecule has 0 spiro atoms. The number of hydrogen-bond donors (Lipinski definition) is 0. The van der Waals surface area contributed by atoms with Crippen molar-refractivity contribution >= 4 is 0 Å². The second-order valence-electron chi connectivity index (χ2n) is 5.42. The molecule has 0 aliphatic heterocycles. The van der Waals surface area contributed by atoms with Gasteiger partial charge in [0.1, 0.15) is 5.57 Å². The monoisotopic (exact) mass is 388 g/mol. The fraction of sp³-hybridized carbons (Fsp3) is 0.500. The van der Waals surface area contributed by atoms with E-state index in [9.17, 15) is 0 Å². The molecule has 0 saturated carbocycles. The van der Waals surface area contributed by atoms with Crippen LogP contribution in [0.3, 0.4) is 0 Å². The van der Waals surface area contributed by atoms with Crippen LogP contribution in [-0.2, 0) is 26.2 Å². The molecule has 0 aromatic carbocycles. The minimum Gasteiger partial charge on any atom is -0.335 e. The first-order valence-corrected chi connectivity index (χ1v) is 8.86. The van der Waals surface area contributed by atoms with Gasteiger partial charge in [0.15, 0.2) is 6.42 Å². The molecule has 2 aliphatic carbocycles. The molecular formula is C22H34Zr. The van der Waals surface area contributed by atoms with Crippen LogP contribution < -0.4 is 0 Å². The third-order valence-corrected chi connectivity index (χ3v) is 3.35. The van der Waals surface area contributed by atoms with Crippen molar-refractivity contribution in [2.75, 3.05) is 0 Å². The zero-order valence-corrected chi connectivity index (χ0v) is 17.6. The summed E-state index contributed by atoms with van der Waals surface area (Å²) in [7, 11) is 0. The zero-order valence-electron chi connectivity index (χ0n) is 15.2. The molecule has 23 heavy (non-hydrogen) atoms. The summed E-state index contributed by atoms with van der Waals surface area (Å²) in [4.78, 5) is 0. The van der Waals surface area contributed by atoms with E-state index in [1.165, 1.54) is 37.7 Å². The van der Waals surface area contributed by atoms with Gasteiger partial charge in [-0.15, -0.1) is 6.42 Å². The van der Waals surface area contributed by atoms with Crippen LogP contribution in [0.1, 0.15) is 71.6 Å². The Bertz CT molecular complexity index is 327. The van der Waals surface area contributed by atoms with Gasteiger partial charge in [0.05, 0.1) is 0 Å². The average Bonchev–Trinajstić information content (AvgIpc) is 3.29. The molecule has 0 aromatic rings. The number of hydrogen-bond acceptors (Lipinski definition) is 0. The molecule has 0 saturated heterocycles. The van der Waals surface area contributed by atoms with E-state index in [0.29, 0.717) is 0 Å². The molecule has 0 aromatic heterocycles. The van der Waals surface area contributed by atoms with Gasteiger partial charge < -0.3 is 6.92 Å². The average molecular weight is 390 g/mol. The number of allylic oxidation sites excluding steroid dienone is 10. The Labute approximate surface area is 164 Å². The van der Waals surface area contributed by atoms with Crippen molar-refractivity contribution in [3.05, 3.63) is 67.2 Å². The molecule has 2 rings (SSSR count). The molecule has 0 bridgehead atoms. The smallest absolute Gasteiger partial charge is 0.218 e. The Kier molecular flexibility index (Phi) is 23.1. The predicted octanol–water partition coefficient (Wildman–Crippen LogP) is 7.32. The van der Waals surface area contributed by atoms with Crippen LogP contribution in [0.25, 0.3) is 0 Å². The molecule has 0 heterocycles. The molecule has 0 nitrogen and oxygen atoms in total. The van der Waals surface area contributed by atoms with Gasteiger partial charge in [-0.1, -0.05) is 75.3 Å². The second kappa shape index (κ2) is 21.5. The Morgan fingerprint density at radius 2 is 1.35 bits per heavy atom. The van der Waals surface area contributed by atoms with Crippen LogP contribution in [-0.4, -0.2) is 0 Å². The number of unbranched alkanes of at least 4 members (excludes halogenated alkanes) is 3. The maximum absolute atomic E-state index is 3.92. The third kappa shape index (κ3) is 19.4. The van der Waals surface area contributed by atoms with E-state index in [1.54, 1.807) is 0 Å². The normalized spacial score (nSPS) is 13.6. The van der Waals surface area contributed by atoms with Gasteiger partial charge in [0.25, 0.3) is 0 Å². The van der Waals surface area contributed by atoms with Crippen molar-refractivity contribution in [2.45, 2.75) is 71.6 Å². The SMILES string of the molecule is C1=CCC=C1.C1=CCC=C1.[CH2-]CC(=[C+]CCCC)CCCC.[Zr]. The minimum absolute atomic E-state index is 0. The van der Waals surface area contributed by atoms with Crippen LogP contribution >= 0.6 is 0 Å². The molecule has 0 fully saturated rings. The van der Waals surface area contributed by atoms with Crippen molar-refractivity contribution in [2.24, 2.45) is 0 Å². The van der Waals surface area contributed by atoms with Crippen molar-refractivity contribution in [3.63, 3.8) is 0 Å². The van der Waals surface area contributed by atoms with E-state index in [2.05, 4.69) is 75.5 Å². The summed E-state index contributed by atoms with van der Waals surface area (Å²) in [6.07, 6.45) is 30.9. The molecule has 2 aliphatic rings. The van der Waals surface area contributed by atoms with Gasteiger partial charge in [-0.05, 0) is 25.7 Å². The largest absolute Gasteiger partial charge is 0.335 e. The van der Waals surface area contributed by atoms with Gasteiger partial charge in [-0.2, -0.15) is 0 Å². The Morgan fingerprint density at radius 1 is 0.870 bits per heavy atom. The number of rotatable bonds is 7. The van der Waals surface area contributed by atoms with Crippen LogP contribution in [0.4, 0.5) is 0 Å². The van der Waals surface area contributed by atoms with Crippen molar-refractivity contribution < 1.29 is 26.2 Å². The van der Waals surface area contributed by atoms with Crippen LogP contribution in [0.5, 0.6) is 0 Å². The minimum atomic E-state index is 0. The molecule has 0 unspecified atom stereocenters. The fourth-order valence-corrected chi connectivity index (χ4v) is 1.92. The molecular weight excluding hydrogens is 355 g/mol. The van der Waals surface area contributed by atoms with Gasteiger partial charge >= 0.3 is 0 Å². The van der Waals surface area contributed by atoms with Gasteiger partial charge in [0, 0.05) is 32.6 Å². The fourth-order valence-electron chi connectivity index (χ4n) is 1.92. The van der Waals surface area contributed by atoms with Crippen LogP contribution in [0.15, 0.2) is 54.2 Å². The molecule has 0 radical (unpaired) electrons. The first-order chi connectivity index (χ1) is 10.8. The van der Waals surface area contributed by atoms with Crippen LogP contribution in [0.2, 0.25) is 0 Å². The second-order valence-corrected chi connectivity index (χ2v) is 5.42. The summed E-state index contributed by atoms with van der Waals surface area (Å²) in [5.41, 5.74) is 1.44. The standard InChI is InChI=1S/C12H22.2C5H6.Zr/c1-4-7-9-11-12(6-3)10-8-5-2;2*1-2-4-5-3-1;/h3-10H2,1-2H3;2*1-4H,5H2;. The van der Waals surface area contributed by atoms with Gasteiger partial charge in [-0.25, -0.2) is 0 Å². The summed E-state index contributed by atoms with van der Waals surface area (Å²) in [5.74, 6) is 0. The molecule has 1 heteroatoms. The Morgan fingerprint density at radius 3 is 1.65 bits per heavy atom. The maximum Gasteiger partial charge on any atom is 0.218 e. The predicted molar refractivity (Wildman–Crippen MR) is 102 cm³/mol. The summed E-state index contributed by atoms with van der Waals surface area (Å²) in [6.45, 7) is 8.37. The van der Waals surface area contributed by atoms with Crippen LogP contribution in [0, 0.1) is 13.0 Å². The van der Waals surface area contributed by atoms with E-state index in [1.807, 2.05) is 0 Å². The van der Waals surface area contributed by atoms with Crippen molar-refractivity contribution in [3.8, 4) is 0 Å². The molecule has 0 amide bonds. The quantitative estimate of drug-likeness (QED) is 0.316. The molecule has 0 atom stereocenters. The first-order valence-electron chi connectivity index (χ1n) is 8.86. The summed E-state index contributed by atoms with van der Waals surface area (Å²) in [6, 6.07) is 0. The van der Waals surface area contributed by atoms with Crippen molar-refractivity contribution in [1.29, 1.82) is 0 Å². The summed E-state index contributed by atoms with van der Waals surface area (Å²) < 4.78 is 0. The molecule has 0 N–H and O–H groups in total. The third-order valence-electron chi connectivity index (χ3n) is 3.35. The first kappa shape index (κ1) is 24.7. The Hall–Kier alpha value is -0.507. The zero-order chi connectivity index (χ0) is 16.3. The topological polar surface area (TPSA) is 0 Å². The van der Waals surface area contributed by atoms with E-state index in [0.717, 1.165) is 25.7 Å².